The van der Waals surface area contributed by atoms with Crippen LogP contribution in [0.3, 0.4) is 0 Å². The van der Waals surface area contributed by atoms with E-state index in [-0.39, 0.29) is 18.0 Å². The minimum absolute atomic E-state index is 0.189. The number of ether oxygens (including phenoxy) is 2. The Balaban J connectivity index is 1.78. The van der Waals surface area contributed by atoms with Gasteiger partial charge in [-0.15, -0.1) is 0 Å². The van der Waals surface area contributed by atoms with Crippen LogP contribution in [0.25, 0.3) is 0 Å². The molecule has 2 fully saturated rings. The maximum atomic E-state index is 13.0. The predicted octanol–water partition coefficient (Wildman–Crippen LogP) is 3.31. The van der Waals surface area contributed by atoms with Crippen LogP contribution >= 0.6 is 0 Å². The van der Waals surface area contributed by atoms with Crippen molar-refractivity contribution in [1.82, 2.24) is 9.80 Å². The van der Waals surface area contributed by atoms with E-state index in [1.165, 1.54) is 5.56 Å². The average Bonchev–Trinajstić information content (AvgIpc) is 2.99. The van der Waals surface area contributed by atoms with Crippen molar-refractivity contribution in [3.63, 3.8) is 0 Å². The van der Waals surface area contributed by atoms with Gasteiger partial charge in [-0.2, -0.15) is 0 Å². The summed E-state index contributed by atoms with van der Waals surface area (Å²) in [5.41, 5.74) is -0.0101. The van der Waals surface area contributed by atoms with Crippen molar-refractivity contribution in [3.05, 3.63) is 35.9 Å². The quantitative estimate of drug-likeness (QED) is 0.741. The van der Waals surface area contributed by atoms with Crippen LogP contribution in [-0.2, 0) is 20.8 Å². The molecular formula is C22H32N2O4. The van der Waals surface area contributed by atoms with Gasteiger partial charge in [-0.05, 0) is 45.6 Å². The summed E-state index contributed by atoms with van der Waals surface area (Å²) in [5.74, 6) is -0.00207. The van der Waals surface area contributed by atoms with Crippen molar-refractivity contribution in [3.8, 4) is 0 Å². The summed E-state index contributed by atoms with van der Waals surface area (Å²) in [4.78, 5) is 29.7. The van der Waals surface area contributed by atoms with Crippen LogP contribution in [-0.4, -0.2) is 60.2 Å². The third-order valence-corrected chi connectivity index (χ3v) is 5.57. The molecule has 0 N–H and O–H groups in total. The molecule has 6 nitrogen and oxygen atoms in total. The zero-order valence-electron chi connectivity index (χ0n) is 17.4. The first-order valence-corrected chi connectivity index (χ1v) is 10.1. The van der Waals surface area contributed by atoms with Gasteiger partial charge in [0.05, 0.1) is 6.61 Å². The van der Waals surface area contributed by atoms with Crippen LogP contribution in [0.1, 0.15) is 39.7 Å². The van der Waals surface area contributed by atoms with Crippen LogP contribution in [0.15, 0.2) is 30.3 Å². The molecule has 2 atom stereocenters. The van der Waals surface area contributed by atoms with E-state index >= 15 is 0 Å². The van der Waals surface area contributed by atoms with Gasteiger partial charge in [-0.3, -0.25) is 9.69 Å². The minimum atomic E-state index is -0.681. The second-order valence-electron chi connectivity index (χ2n) is 8.92. The Hall–Kier alpha value is -2.08. The molecule has 2 aliphatic heterocycles. The molecule has 0 spiro atoms. The number of hydrogen-bond acceptors (Lipinski definition) is 5. The number of nitrogens with zero attached hydrogens (tertiary/aromatic N) is 2. The van der Waals surface area contributed by atoms with E-state index in [4.69, 9.17) is 9.47 Å². The number of amides is 1. The van der Waals surface area contributed by atoms with Crippen molar-refractivity contribution in [2.75, 3.05) is 32.8 Å². The fourth-order valence-corrected chi connectivity index (χ4v) is 4.37. The minimum Gasteiger partial charge on any atom is -0.465 e. The number of rotatable bonds is 4. The lowest BCUT2D eigenvalue weighted by atomic mass is 9.73. The van der Waals surface area contributed by atoms with Gasteiger partial charge in [0.25, 0.3) is 0 Å². The lowest BCUT2D eigenvalue weighted by molar-refractivity contribution is -0.160. The smallest absolute Gasteiger partial charge is 0.410 e. The second kappa shape index (κ2) is 8.11. The third-order valence-electron chi connectivity index (χ3n) is 5.57. The summed E-state index contributed by atoms with van der Waals surface area (Å²) in [6, 6.07) is 10.3. The van der Waals surface area contributed by atoms with Crippen LogP contribution in [0, 0.1) is 11.3 Å². The highest BCUT2D eigenvalue weighted by Gasteiger charge is 2.56. The molecule has 1 aromatic carbocycles. The van der Waals surface area contributed by atoms with Crippen molar-refractivity contribution in [2.45, 2.75) is 46.3 Å². The van der Waals surface area contributed by atoms with Crippen molar-refractivity contribution in [2.24, 2.45) is 11.3 Å². The van der Waals surface area contributed by atoms with Gasteiger partial charge in [-0.25, -0.2) is 4.79 Å². The van der Waals surface area contributed by atoms with Crippen molar-refractivity contribution in [1.29, 1.82) is 0 Å². The summed E-state index contributed by atoms with van der Waals surface area (Å²) in [5, 5.41) is 0. The molecule has 2 saturated heterocycles. The lowest BCUT2D eigenvalue weighted by Crippen LogP contribution is -2.56. The molecular weight excluding hydrogens is 356 g/mol. The Morgan fingerprint density at radius 1 is 1.18 bits per heavy atom. The number of likely N-dealkylation sites (tertiary alicyclic amines) is 2. The Bertz CT molecular complexity index is 700. The topological polar surface area (TPSA) is 59.1 Å². The largest absolute Gasteiger partial charge is 0.465 e. The summed E-state index contributed by atoms with van der Waals surface area (Å²) >= 11 is 0. The summed E-state index contributed by atoms with van der Waals surface area (Å²) in [6.07, 6.45) is 0.430. The van der Waals surface area contributed by atoms with E-state index in [9.17, 15) is 9.59 Å². The standard InChI is InChI=1S/C22H32N2O4/c1-5-27-19(25)22-15-23(13-17-9-7-6-8-10-17)14-18(22)11-12-24(16-22)20(26)28-21(2,3)4/h6-10,18H,5,11-16H2,1-4H3. The number of fused-ring (bicyclic) bond motifs is 1. The number of piperidine rings is 1. The molecule has 0 radical (unpaired) electrons. The monoisotopic (exact) mass is 388 g/mol. The molecule has 0 aliphatic carbocycles. The van der Waals surface area contributed by atoms with Gasteiger partial charge < -0.3 is 14.4 Å². The number of hydrogen-bond donors (Lipinski definition) is 0. The van der Waals surface area contributed by atoms with E-state index in [0.717, 1.165) is 19.5 Å². The first-order valence-electron chi connectivity index (χ1n) is 10.1. The van der Waals surface area contributed by atoms with Crippen molar-refractivity contribution < 1.29 is 19.1 Å². The zero-order valence-corrected chi connectivity index (χ0v) is 17.4. The number of benzene rings is 1. The average molecular weight is 389 g/mol. The zero-order chi connectivity index (χ0) is 20.4. The maximum Gasteiger partial charge on any atom is 0.410 e. The van der Waals surface area contributed by atoms with Gasteiger partial charge in [0.2, 0.25) is 0 Å². The first-order chi connectivity index (χ1) is 13.2. The van der Waals surface area contributed by atoms with Gasteiger partial charge in [0, 0.05) is 32.7 Å². The molecule has 0 bridgehead atoms. The molecule has 2 aliphatic rings. The molecule has 1 aromatic rings. The molecule has 3 rings (SSSR count). The van der Waals surface area contributed by atoms with E-state index in [2.05, 4.69) is 17.0 Å². The van der Waals surface area contributed by atoms with Crippen LogP contribution in [0.5, 0.6) is 0 Å². The highest BCUT2D eigenvalue weighted by molar-refractivity contribution is 5.80. The van der Waals surface area contributed by atoms with Gasteiger partial charge >= 0.3 is 12.1 Å². The fraction of sp³-hybridized carbons (Fsp3) is 0.636. The first kappa shape index (κ1) is 20.6. The summed E-state index contributed by atoms with van der Waals surface area (Å²) in [7, 11) is 0. The van der Waals surface area contributed by atoms with E-state index in [1.807, 2.05) is 45.9 Å². The van der Waals surface area contributed by atoms with Crippen LogP contribution < -0.4 is 0 Å². The highest BCUT2D eigenvalue weighted by atomic mass is 16.6. The highest BCUT2D eigenvalue weighted by Crippen LogP contribution is 2.44. The SMILES string of the molecule is CCOC(=O)C12CN(Cc3ccccc3)CC1CCN(C(=O)OC(C)(C)C)C2. The molecule has 2 heterocycles. The molecule has 0 aromatic heterocycles. The number of carbonyl (C=O) groups is 2. The summed E-state index contributed by atoms with van der Waals surface area (Å²) < 4.78 is 11.0. The Morgan fingerprint density at radius 3 is 2.54 bits per heavy atom. The van der Waals surface area contributed by atoms with E-state index < -0.39 is 11.0 Å². The van der Waals surface area contributed by atoms with Gasteiger partial charge in [0.1, 0.15) is 11.0 Å². The Kier molecular flexibility index (Phi) is 5.98. The molecule has 2 unspecified atom stereocenters. The Morgan fingerprint density at radius 2 is 1.89 bits per heavy atom. The molecule has 154 valence electrons. The Labute approximate surface area is 167 Å². The maximum absolute atomic E-state index is 13.0. The molecule has 1 amide bonds. The third kappa shape index (κ3) is 4.49. The fourth-order valence-electron chi connectivity index (χ4n) is 4.37. The normalized spacial score (nSPS) is 25.3. The van der Waals surface area contributed by atoms with E-state index in [0.29, 0.717) is 26.2 Å². The predicted molar refractivity (Wildman–Crippen MR) is 107 cm³/mol. The van der Waals surface area contributed by atoms with E-state index in [1.54, 1.807) is 4.90 Å². The number of esters is 1. The lowest BCUT2D eigenvalue weighted by Gasteiger charge is -2.42. The second-order valence-corrected chi connectivity index (χ2v) is 8.92. The molecule has 28 heavy (non-hydrogen) atoms. The van der Waals surface area contributed by atoms with Crippen molar-refractivity contribution >= 4 is 12.1 Å². The summed E-state index contributed by atoms with van der Waals surface area (Å²) in [6.45, 7) is 11.0. The van der Waals surface area contributed by atoms with Gasteiger partial charge in [-0.1, -0.05) is 30.3 Å². The molecule has 6 heteroatoms. The molecule has 0 saturated carbocycles. The van der Waals surface area contributed by atoms with Crippen LogP contribution in [0.2, 0.25) is 0 Å². The van der Waals surface area contributed by atoms with Gasteiger partial charge in [0.15, 0.2) is 0 Å². The van der Waals surface area contributed by atoms with Crippen LogP contribution in [0.4, 0.5) is 4.79 Å². The number of carbonyl (C=O) groups excluding carboxylic acids is 2.